The number of halogens is 2. The molecule has 2 aromatic carbocycles. The predicted molar refractivity (Wildman–Crippen MR) is 85.2 cm³/mol. The van der Waals surface area contributed by atoms with Crippen molar-refractivity contribution in [1.29, 1.82) is 0 Å². The molecule has 1 N–H and O–H groups in total. The maximum atomic E-state index is 13.4. The first-order chi connectivity index (χ1) is 9.61. The summed E-state index contributed by atoms with van der Waals surface area (Å²) >= 11 is 3.50. The number of benzene rings is 2. The van der Waals surface area contributed by atoms with Crippen molar-refractivity contribution in [2.45, 2.75) is 19.4 Å². The van der Waals surface area contributed by atoms with Crippen molar-refractivity contribution in [2.24, 2.45) is 5.92 Å². The molecule has 0 aliphatic rings. The molecule has 2 rings (SSSR count). The topological polar surface area (TPSA) is 12.0 Å². The minimum absolute atomic E-state index is 0.184. The van der Waals surface area contributed by atoms with Crippen molar-refractivity contribution in [2.75, 3.05) is 7.05 Å². The van der Waals surface area contributed by atoms with Gasteiger partial charge in [-0.2, -0.15) is 0 Å². The van der Waals surface area contributed by atoms with Crippen LogP contribution in [0.1, 0.15) is 24.1 Å². The molecule has 2 unspecified atom stereocenters. The number of rotatable bonds is 5. The van der Waals surface area contributed by atoms with Crippen molar-refractivity contribution >= 4 is 15.9 Å². The quantitative estimate of drug-likeness (QED) is 0.832. The van der Waals surface area contributed by atoms with E-state index in [2.05, 4.69) is 40.3 Å². The SMILES string of the molecule is CNC(c1ccccc1)C(C)Cc1cc(F)ccc1Br. The number of hydrogen-bond donors (Lipinski definition) is 1. The molecule has 0 aromatic heterocycles. The van der Waals surface area contributed by atoms with E-state index in [4.69, 9.17) is 0 Å². The van der Waals surface area contributed by atoms with E-state index >= 15 is 0 Å². The molecule has 0 saturated carbocycles. The Balaban J connectivity index is 2.17. The fourth-order valence-electron chi connectivity index (χ4n) is 2.60. The van der Waals surface area contributed by atoms with Crippen LogP contribution in [0, 0.1) is 11.7 Å². The van der Waals surface area contributed by atoms with E-state index in [0.717, 1.165) is 16.5 Å². The zero-order valence-corrected chi connectivity index (χ0v) is 13.3. The van der Waals surface area contributed by atoms with Gasteiger partial charge in [-0.1, -0.05) is 53.2 Å². The van der Waals surface area contributed by atoms with Crippen LogP contribution >= 0.6 is 15.9 Å². The zero-order chi connectivity index (χ0) is 14.5. The lowest BCUT2D eigenvalue weighted by Gasteiger charge is -2.24. The van der Waals surface area contributed by atoms with Crippen LogP contribution in [0.3, 0.4) is 0 Å². The van der Waals surface area contributed by atoms with Gasteiger partial charge >= 0.3 is 0 Å². The lowest BCUT2D eigenvalue weighted by Crippen LogP contribution is -2.25. The van der Waals surface area contributed by atoms with E-state index in [0.29, 0.717) is 5.92 Å². The summed E-state index contributed by atoms with van der Waals surface area (Å²) in [5.74, 6) is 0.177. The van der Waals surface area contributed by atoms with Gasteiger partial charge in [0.1, 0.15) is 5.82 Å². The summed E-state index contributed by atoms with van der Waals surface area (Å²) in [5, 5.41) is 3.36. The Kier molecular flexibility index (Phi) is 5.32. The molecule has 106 valence electrons. The first-order valence-corrected chi connectivity index (χ1v) is 7.57. The third-order valence-electron chi connectivity index (χ3n) is 3.59. The van der Waals surface area contributed by atoms with Crippen LogP contribution in [0.25, 0.3) is 0 Å². The molecule has 0 spiro atoms. The summed E-state index contributed by atoms with van der Waals surface area (Å²) in [6.07, 6.45) is 0.818. The van der Waals surface area contributed by atoms with Crippen molar-refractivity contribution in [3.05, 3.63) is 69.9 Å². The Hall–Kier alpha value is -1.19. The highest BCUT2D eigenvalue weighted by atomic mass is 79.9. The highest BCUT2D eigenvalue weighted by molar-refractivity contribution is 9.10. The van der Waals surface area contributed by atoms with Crippen LogP contribution in [-0.4, -0.2) is 7.05 Å². The lowest BCUT2D eigenvalue weighted by atomic mass is 9.89. The molecular formula is C17H19BrFN. The summed E-state index contributed by atoms with van der Waals surface area (Å²) in [6.45, 7) is 2.19. The Bertz CT molecular complexity index is 556. The van der Waals surface area contributed by atoms with Crippen LogP contribution < -0.4 is 5.32 Å². The molecule has 2 atom stereocenters. The van der Waals surface area contributed by atoms with Gasteiger partial charge in [-0.15, -0.1) is 0 Å². The van der Waals surface area contributed by atoms with Crippen LogP contribution in [0.4, 0.5) is 4.39 Å². The van der Waals surface area contributed by atoms with Gasteiger partial charge in [0.05, 0.1) is 0 Å². The molecule has 0 saturated heterocycles. The second-order valence-electron chi connectivity index (χ2n) is 5.09. The van der Waals surface area contributed by atoms with E-state index in [9.17, 15) is 4.39 Å². The van der Waals surface area contributed by atoms with E-state index in [1.54, 1.807) is 12.1 Å². The standard InChI is InChI=1S/C17H19BrFN/c1-12(10-14-11-15(19)8-9-16(14)18)17(20-2)13-6-4-3-5-7-13/h3-9,11-12,17,20H,10H2,1-2H3. The summed E-state index contributed by atoms with van der Waals surface area (Å²) in [7, 11) is 1.97. The maximum absolute atomic E-state index is 13.4. The Morgan fingerprint density at radius 2 is 1.85 bits per heavy atom. The van der Waals surface area contributed by atoms with Crippen molar-refractivity contribution < 1.29 is 4.39 Å². The molecule has 20 heavy (non-hydrogen) atoms. The van der Waals surface area contributed by atoms with Crippen molar-refractivity contribution in [3.8, 4) is 0 Å². The Morgan fingerprint density at radius 1 is 1.15 bits per heavy atom. The molecule has 0 radical (unpaired) electrons. The highest BCUT2D eigenvalue weighted by Crippen LogP contribution is 2.28. The highest BCUT2D eigenvalue weighted by Gasteiger charge is 2.18. The third kappa shape index (κ3) is 3.68. The molecule has 0 fully saturated rings. The molecule has 0 amide bonds. The van der Waals surface area contributed by atoms with Gasteiger partial charge in [-0.3, -0.25) is 0 Å². The van der Waals surface area contributed by atoms with Crippen molar-refractivity contribution in [1.82, 2.24) is 5.32 Å². The summed E-state index contributed by atoms with van der Waals surface area (Å²) in [5.41, 5.74) is 2.27. The molecule has 2 aromatic rings. The maximum Gasteiger partial charge on any atom is 0.123 e. The largest absolute Gasteiger partial charge is 0.313 e. The lowest BCUT2D eigenvalue weighted by molar-refractivity contribution is 0.408. The zero-order valence-electron chi connectivity index (χ0n) is 11.7. The minimum atomic E-state index is -0.184. The van der Waals surface area contributed by atoms with Gasteiger partial charge < -0.3 is 5.32 Å². The fourth-order valence-corrected chi connectivity index (χ4v) is 3.01. The minimum Gasteiger partial charge on any atom is -0.313 e. The van der Waals surface area contributed by atoms with E-state index < -0.39 is 0 Å². The first kappa shape index (κ1) is 15.2. The van der Waals surface area contributed by atoms with Crippen molar-refractivity contribution in [3.63, 3.8) is 0 Å². The predicted octanol–water partition coefficient (Wildman–Crippen LogP) is 4.73. The van der Waals surface area contributed by atoms with Gasteiger partial charge in [0, 0.05) is 10.5 Å². The second kappa shape index (κ2) is 7.00. The van der Waals surface area contributed by atoms with Gasteiger partial charge in [-0.25, -0.2) is 4.39 Å². The summed E-state index contributed by atoms with van der Waals surface area (Å²) in [4.78, 5) is 0. The number of nitrogens with one attached hydrogen (secondary N) is 1. The first-order valence-electron chi connectivity index (χ1n) is 6.78. The van der Waals surface area contributed by atoms with Crippen LogP contribution in [0.2, 0.25) is 0 Å². The smallest absolute Gasteiger partial charge is 0.123 e. The van der Waals surface area contributed by atoms with E-state index in [1.165, 1.54) is 11.6 Å². The molecule has 0 heterocycles. The van der Waals surface area contributed by atoms with Crippen LogP contribution in [-0.2, 0) is 6.42 Å². The normalized spacial score (nSPS) is 14.0. The third-order valence-corrected chi connectivity index (χ3v) is 4.36. The monoisotopic (exact) mass is 335 g/mol. The fraction of sp³-hybridized carbons (Fsp3) is 0.294. The average molecular weight is 336 g/mol. The summed E-state index contributed by atoms with van der Waals surface area (Å²) < 4.78 is 14.3. The van der Waals surface area contributed by atoms with Gasteiger partial charge in [0.15, 0.2) is 0 Å². The van der Waals surface area contributed by atoms with Gasteiger partial charge in [-0.05, 0) is 48.7 Å². The molecule has 0 aliphatic heterocycles. The van der Waals surface area contributed by atoms with Crippen LogP contribution in [0.5, 0.6) is 0 Å². The molecule has 0 bridgehead atoms. The molecular weight excluding hydrogens is 317 g/mol. The average Bonchev–Trinajstić information content (AvgIpc) is 2.45. The number of hydrogen-bond acceptors (Lipinski definition) is 1. The van der Waals surface area contributed by atoms with E-state index in [-0.39, 0.29) is 11.9 Å². The molecule has 0 aliphatic carbocycles. The second-order valence-corrected chi connectivity index (χ2v) is 5.95. The molecule has 1 nitrogen and oxygen atoms in total. The Morgan fingerprint density at radius 3 is 2.50 bits per heavy atom. The van der Waals surface area contributed by atoms with Gasteiger partial charge in [0.25, 0.3) is 0 Å². The van der Waals surface area contributed by atoms with Gasteiger partial charge in [0.2, 0.25) is 0 Å². The van der Waals surface area contributed by atoms with Crippen LogP contribution in [0.15, 0.2) is 53.0 Å². The Labute approximate surface area is 128 Å². The van der Waals surface area contributed by atoms with E-state index in [1.807, 2.05) is 25.2 Å². The summed E-state index contributed by atoms with van der Waals surface area (Å²) in [6, 6.07) is 15.5. The molecule has 3 heteroatoms.